The zero-order valence-corrected chi connectivity index (χ0v) is 14.8. The minimum Gasteiger partial charge on any atom is -0.478 e. The molecular weight excluding hydrogens is 363 g/mol. The summed E-state index contributed by atoms with van der Waals surface area (Å²) in [5.41, 5.74) is 2.57. The molecule has 132 valence electrons. The van der Waals surface area contributed by atoms with Gasteiger partial charge < -0.3 is 5.11 Å². The van der Waals surface area contributed by atoms with Crippen LogP contribution in [-0.4, -0.2) is 20.4 Å². The Labute approximate surface area is 158 Å². The maximum atomic E-state index is 14.3. The summed E-state index contributed by atoms with van der Waals surface area (Å²) in [4.78, 5) is 15.8. The van der Waals surface area contributed by atoms with Crippen molar-refractivity contribution in [3.63, 3.8) is 0 Å². The molecule has 0 saturated heterocycles. The molecule has 0 aliphatic carbocycles. The number of hydrogen-bond donors (Lipinski definition) is 1. The monoisotopic (exact) mass is 376 g/mol. The fourth-order valence-corrected chi connectivity index (χ4v) is 3.43. The number of hydrogen-bond acceptors (Lipinski definition) is 4. The molecule has 4 aromatic rings. The van der Waals surface area contributed by atoms with Gasteiger partial charge in [0.25, 0.3) is 0 Å². The molecule has 0 fully saturated rings. The second-order valence-corrected chi connectivity index (χ2v) is 6.62. The molecule has 0 saturated carbocycles. The van der Waals surface area contributed by atoms with E-state index in [2.05, 4.69) is 9.36 Å². The Bertz CT molecular complexity index is 1130. The van der Waals surface area contributed by atoms with Gasteiger partial charge in [0, 0.05) is 16.7 Å². The van der Waals surface area contributed by atoms with Crippen LogP contribution in [0.2, 0.25) is 0 Å². The van der Waals surface area contributed by atoms with Crippen LogP contribution in [0.25, 0.3) is 33.1 Å². The van der Waals surface area contributed by atoms with Crippen LogP contribution in [-0.2, 0) is 0 Å². The molecule has 4 nitrogen and oxygen atoms in total. The maximum absolute atomic E-state index is 14.3. The molecule has 0 aliphatic rings. The Hall–Kier alpha value is -3.38. The molecule has 0 atom stereocenters. The van der Waals surface area contributed by atoms with E-state index in [1.54, 1.807) is 18.2 Å². The van der Waals surface area contributed by atoms with Gasteiger partial charge in [0.15, 0.2) is 5.82 Å². The highest BCUT2D eigenvalue weighted by Crippen LogP contribution is 2.30. The van der Waals surface area contributed by atoms with Gasteiger partial charge in [-0.15, -0.1) is 0 Å². The molecule has 0 unspecified atom stereocenters. The number of benzene rings is 3. The van der Waals surface area contributed by atoms with Gasteiger partial charge in [-0.05, 0) is 41.4 Å². The molecule has 1 aromatic heterocycles. The van der Waals surface area contributed by atoms with Crippen molar-refractivity contribution in [1.82, 2.24) is 9.36 Å². The summed E-state index contributed by atoms with van der Waals surface area (Å²) in [7, 11) is 0. The minimum absolute atomic E-state index is 0.0370. The van der Waals surface area contributed by atoms with Crippen LogP contribution < -0.4 is 0 Å². The Kier molecular flexibility index (Phi) is 4.48. The fourth-order valence-electron chi connectivity index (χ4n) is 2.74. The predicted octanol–water partition coefficient (Wildman–Crippen LogP) is 5.38. The summed E-state index contributed by atoms with van der Waals surface area (Å²) in [5.74, 6) is -1.02. The Balaban J connectivity index is 1.73. The highest BCUT2D eigenvalue weighted by atomic mass is 32.1. The Morgan fingerprint density at radius 2 is 1.63 bits per heavy atom. The third kappa shape index (κ3) is 3.47. The Morgan fingerprint density at radius 3 is 2.41 bits per heavy atom. The second kappa shape index (κ2) is 7.09. The summed E-state index contributed by atoms with van der Waals surface area (Å²) >= 11 is 1.30. The van der Waals surface area contributed by atoms with E-state index in [9.17, 15) is 9.18 Å². The highest BCUT2D eigenvalue weighted by Gasteiger charge is 2.13. The molecule has 27 heavy (non-hydrogen) atoms. The normalized spacial score (nSPS) is 10.7. The molecule has 1 heterocycles. The SMILES string of the molecule is O=C(O)c1ccc(F)c(-c2cccc(-c3nsc(-c4ccccc4)n3)c2)c1. The van der Waals surface area contributed by atoms with E-state index in [1.807, 2.05) is 36.4 Å². The number of carbonyl (C=O) groups is 1. The molecular formula is C21H13FN2O2S. The summed E-state index contributed by atoms with van der Waals surface area (Å²) in [6, 6.07) is 20.6. The molecule has 0 bridgehead atoms. The number of nitrogens with zero attached hydrogens (tertiary/aromatic N) is 2. The average molecular weight is 376 g/mol. The van der Waals surface area contributed by atoms with E-state index in [0.29, 0.717) is 11.4 Å². The van der Waals surface area contributed by atoms with Crippen molar-refractivity contribution in [2.45, 2.75) is 0 Å². The van der Waals surface area contributed by atoms with Gasteiger partial charge in [-0.1, -0.05) is 48.5 Å². The third-order valence-corrected chi connectivity index (χ3v) is 4.86. The first-order valence-electron chi connectivity index (χ1n) is 8.14. The average Bonchev–Trinajstić information content (AvgIpc) is 3.19. The van der Waals surface area contributed by atoms with E-state index < -0.39 is 11.8 Å². The molecule has 1 N–H and O–H groups in total. The van der Waals surface area contributed by atoms with Crippen molar-refractivity contribution < 1.29 is 14.3 Å². The smallest absolute Gasteiger partial charge is 0.335 e. The number of carboxylic acid groups (broad SMARTS) is 1. The lowest BCUT2D eigenvalue weighted by Crippen LogP contribution is -1.97. The number of aromatic carboxylic acids is 1. The number of rotatable bonds is 4. The van der Waals surface area contributed by atoms with Crippen LogP contribution in [0, 0.1) is 5.82 Å². The zero-order chi connectivity index (χ0) is 18.8. The molecule has 6 heteroatoms. The van der Waals surface area contributed by atoms with E-state index in [4.69, 9.17) is 5.11 Å². The van der Waals surface area contributed by atoms with Gasteiger partial charge >= 0.3 is 5.97 Å². The van der Waals surface area contributed by atoms with Crippen LogP contribution in [0.5, 0.6) is 0 Å². The number of carboxylic acids is 1. The zero-order valence-electron chi connectivity index (χ0n) is 14.0. The van der Waals surface area contributed by atoms with Crippen LogP contribution in [0.4, 0.5) is 4.39 Å². The topological polar surface area (TPSA) is 63.1 Å². The first-order chi connectivity index (χ1) is 13.1. The molecule has 3 aromatic carbocycles. The lowest BCUT2D eigenvalue weighted by Gasteiger charge is -2.06. The second-order valence-electron chi connectivity index (χ2n) is 5.87. The van der Waals surface area contributed by atoms with Crippen LogP contribution in [0.15, 0.2) is 72.8 Å². The standard InChI is InChI=1S/C21H13FN2O2S/c22-18-10-9-16(21(25)26)12-17(18)14-7-4-8-15(11-14)19-23-20(27-24-19)13-5-2-1-3-6-13/h1-12H,(H,25,26). The van der Waals surface area contributed by atoms with Crippen LogP contribution in [0.1, 0.15) is 10.4 Å². The van der Waals surface area contributed by atoms with Gasteiger partial charge in [0.05, 0.1) is 5.56 Å². The van der Waals surface area contributed by atoms with Crippen molar-refractivity contribution in [1.29, 1.82) is 0 Å². The summed E-state index contributed by atoms with van der Waals surface area (Å²) in [5, 5.41) is 9.95. The van der Waals surface area contributed by atoms with Crippen molar-refractivity contribution in [2.24, 2.45) is 0 Å². The minimum atomic E-state index is -1.10. The highest BCUT2D eigenvalue weighted by molar-refractivity contribution is 7.09. The van der Waals surface area contributed by atoms with Crippen LogP contribution >= 0.6 is 11.5 Å². The van der Waals surface area contributed by atoms with Gasteiger partial charge in [-0.3, -0.25) is 0 Å². The van der Waals surface area contributed by atoms with Crippen molar-refractivity contribution in [3.8, 4) is 33.1 Å². The Morgan fingerprint density at radius 1 is 0.889 bits per heavy atom. The van der Waals surface area contributed by atoms with Gasteiger partial charge in [0.2, 0.25) is 0 Å². The fraction of sp³-hybridized carbons (Fsp3) is 0. The summed E-state index contributed by atoms with van der Waals surface area (Å²) in [6.07, 6.45) is 0. The lowest BCUT2D eigenvalue weighted by molar-refractivity contribution is 0.0697. The molecule has 4 rings (SSSR count). The summed E-state index contributed by atoms with van der Waals surface area (Å²) < 4.78 is 18.7. The molecule has 0 amide bonds. The number of halogens is 1. The third-order valence-electron chi connectivity index (χ3n) is 4.09. The first-order valence-corrected chi connectivity index (χ1v) is 8.92. The van der Waals surface area contributed by atoms with Gasteiger partial charge in [-0.2, -0.15) is 4.37 Å². The van der Waals surface area contributed by atoms with Crippen molar-refractivity contribution in [2.75, 3.05) is 0 Å². The first kappa shape index (κ1) is 17.1. The quantitative estimate of drug-likeness (QED) is 0.520. The van der Waals surface area contributed by atoms with Crippen molar-refractivity contribution >= 4 is 17.5 Å². The van der Waals surface area contributed by atoms with Crippen molar-refractivity contribution in [3.05, 3.63) is 84.2 Å². The van der Waals surface area contributed by atoms with E-state index in [0.717, 1.165) is 16.1 Å². The molecule has 0 spiro atoms. The number of aromatic nitrogens is 2. The van der Waals surface area contributed by atoms with Gasteiger partial charge in [-0.25, -0.2) is 14.2 Å². The molecule has 0 radical (unpaired) electrons. The lowest BCUT2D eigenvalue weighted by atomic mass is 10.00. The summed E-state index contributed by atoms with van der Waals surface area (Å²) in [6.45, 7) is 0. The van der Waals surface area contributed by atoms with E-state index in [-0.39, 0.29) is 11.1 Å². The van der Waals surface area contributed by atoms with Gasteiger partial charge in [0.1, 0.15) is 10.8 Å². The maximum Gasteiger partial charge on any atom is 0.335 e. The van der Waals surface area contributed by atoms with Crippen LogP contribution in [0.3, 0.4) is 0 Å². The predicted molar refractivity (Wildman–Crippen MR) is 103 cm³/mol. The van der Waals surface area contributed by atoms with E-state index >= 15 is 0 Å². The molecule has 0 aliphatic heterocycles. The van der Waals surface area contributed by atoms with E-state index in [1.165, 1.54) is 29.7 Å². The largest absolute Gasteiger partial charge is 0.478 e.